The van der Waals surface area contributed by atoms with E-state index >= 15 is 0 Å². The lowest BCUT2D eigenvalue weighted by atomic mass is 10.1. The van der Waals surface area contributed by atoms with Crippen LogP contribution in [-0.4, -0.2) is 16.1 Å². The van der Waals surface area contributed by atoms with Crippen LogP contribution in [0.1, 0.15) is 15.9 Å². The maximum Gasteiger partial charge on any atom is 0.258 e. The average Bonchev–Trinajstić information content (AvgIpc) is 2.74. The van der Waals surface area contributed by atoms with Crippen LogP contribution in [-0.2, 0) is 0 Å². The van der Waals surface area contributed by atoms with Crippen molar-refractivity contribution in [2.45, 2.75) is 6.92 Å². The SMILES string of the molecule is Cc1ccc(Br)c(C(=O)Nc2nncs2)c1. The van der Waals surface area contributed by atoms with Crippen LogP contribution in [0.2, 0.25) is 0 Å². The third kappa shape index (κ3) is 2.45. The van der Waals surface area contributed by atoms with Gasteiger partial charge in [0.05, 0.1) is 5.56 Å². The molecule has 0 aliphatic heterocycles. The molecule has 4 nitrogen and oxygen atoms in total. The maximum atomic E-state index is 11.9. The third-order valence-corrected chi connectivity index (χ3v) is 3.25. The molecule has 0 atom stereocenters. The summed E-state index contributed by atoms with van der Waals surface area (Å²) >= 11 is 4.63. The summed E-state index contributed by atoms with van der Waals surface area (Å²) in [5.41, 5.74) is 3.20. The Morgan fingerprint density at radius 1 is 1.50 bits per heavy atom. The normalized spacial score (nSPS) is 10.1. The third-order valence-electron chi connectivity index (χ3n) is 1.95. The van der Waals surface area contributed by atoms with Gasteiger partial charge in [0.15, 0.2) is 0 Å². The molecular weight excluding hydrogens is 290 g/mol. The van der Waals surface area contributed by atoms with Crippen molar-refractivity contribution < 1.29 is 4.79 Å². The first kappa shape index (κ1) is 11.2. The molecule has 1 N–H and O–H groups in total. The first-order chi connectivity index (χ1) is 7.66. The average molecular weight is 298 g/mol. The first-order valence-electron chi connectivity index (χ1n) is 4.50. The van der Waals surface area contributed by atoms with Gasteiger partial charge in [-0.15, -0.1) is 10.2 Å². The molecule has 2 rings (SSSR count). The molecule has 0 aliphatic carbocycles. The Morgan fingerprint density at radius 3 is 3.00 bits per heavy atom. The molecule has 0 fully saturated rings. The summed E-state index contributed by atoms with van der Waals surface area (Å²) < 4.78 is 0.764. The topological polar surface area (TPSA) is 54.9 Å². The molecule has 1 amide bonds. The highest BCUT2D eigenvalue weighted by atomic mass is 79.9. The summed E-state index contributed by atoms with van der Waals surface area (Å²) in [4.78, 5) is 11.9. The second-order valence-electron chi connectivity index (χ2n) is 3.18. The van der Waals surface area contributed by atoms with Gasteiger partial charge >= 0.3 is 0 Å². The molecule has 0 bridgehead atoms. The Hall–Kier alpha value is -1.27. The van der Waals surface area contributed by atoms with Crippen LogP contribution in [0, 0.1) is 6.92 Å². The van der Waals surface area contributed by atoms with E-state index in [-0.39, 0.29) is 5.91 Å². The molecule has 2 aromatic rings. The maximum absolute atomic E-state index is 11.9. The van der Waals surface area contributed by atoms with Crippen molar-refractivity contribution in [2.24, 2.45) is 0 Å². The van der Waals surface area contributed by atoms with E-state index in [4.69, 9.17) is 0 Å². The van der Waals surface area contributed by atoms with E-state index in [0.717, 1.165) is 10.0 Å². The number of nitrogens with zero attached hydrogens (tertiary/aromatic N) is 2. The van der Waals surface area contributed by atoms with Crippen LogP contribution >= 0.6 is 27.3 Å². The Balaban J connectivity index is 2.24. The number of aryl methyl sites for hydroxylation is 1. The van der Waals surface area contributed by atoms with E-state index in [2.05, 4.69) is 31.4 Å². The van der Waals surface area contributed by atoms with Gasteiger partial charge in [-0.25, -0.2) is 0 Å². The molecule has 82 valence electrons. The minimum atomic E-state index is -0.188. The van der Waals surface area contributed by atoms with Crippen LogP contribution < -0.4 is 5.32 Å². The Kier molecular flexibility index (Phi) is 3.31. The van der Waals surface area contributed by atoms with Gasteiger partial charge in [-0.2, -0.15) is 0 Å². The number of carbonyl (C=O) groups excluding carboxylic acids is 1. The van der Waals surface area contributed by atoms with Crippen molar-refractivity contribution in [2.75, 3.05) is 5.32 Å². The zero-order valence-corrected chi connectivity index (χ0v) is 10.8. The summed E-state index contributed by atoms with van der Waals surface area (Å²) in [5.74, 6) is -0.188. The molecule has 0 spiro atoms. The summed E-state index contributed by atoms with van der Waals surface area (Å²) in [5, 5.41) is 10.6. The van der Waals surface area contributed by atoms with E-state index in [1.54, 1.807) is 5.51 Å². The molecule has 0 saturated heterocycles. The van der Waals surface area contributed by atoms with Gasteiger partial charge in [0, 0.05) is 4.47 Å². The van der Waals surface area contributed by atoms with Gasteiger partial charge in [-0.05, 0) is 35.0 Å². The second kappa shape index (κ2) is 4.71. The molecule has 1 aromatic carbocycles. The fourth-order valence-electron chi connectivity index (χ4n) is 1.21. The largest absolute Gasteiger partial charge is 0.296 e. The van der Waals surface area contributed by atoms with Gasteiger partial charge < -0.3 is 0 Å². The number of carbonyl (C=O) groups is 1. The van der Waals surface area contributed by atoms with Crippen LogP contribution in [0.3, 0.4) is 0 Å². The molecule has 16 heavy (non-hydrogen) atoms. The van der Waals surface area contributed by atoms with Crippen molar-refractivity contribution in [1.29, 1.82) is 0 Å². The number of aromatic nitrogens is 2. The molecular formula is C10H8BrN3OS. The number of nitrogens with one attached hydrogen (secondary N) is 1. The van der Waals surface area contributed by atoms with Crippen molar-refractivity contribution in [3.8, 4) is 0 Å². The highest BCUT2D eigenvalue weighted by Gasteiger charge is 2.11. The molecule has 0 radical (unpaired) electrons. The highest BCUT2D eigenvalue weighted by molar-refractivity contribution is 9.10. The second-order valence-corrected chi connectivity index (χ2v) is 4.87. The summed E-state index contributed by atoms with van der Waals surface area (Å²) in [6.07, 6.45) is 0. The number of amides is 1. The highest BCUT2D eigenvalue weighted by Crippen LogP contribution is 2.20. The van der Waals surface area contributed by atoms with Crippen molar-refractivity contribution in [3.63, 3.8) is 0 Å². The van der Waals surface area contributed by atoms with Crippen molar-refractivity contribution in [3.05, 3.63) is 39.3 Å². The zero-order chi connectivity index (χ0) is 11.5. The van der Waals surface area contributed by atoms with E-state index in [9.17, 15) is 4.79 Å². The van der Waals surface area contributed by atoms with Gasteiger partial charge in [0.25, 0.3) is 5.91 Å². The summed E-state index contributed by atoms with van der Waals surface area (Å²) in [7, 11) is 0. The summed E-state index contributed by atoms with van der Waals surface area (Å²) in [6.45, 7) is 1.94. The molecule has 1 aromatic heterocycles. The minimum Gasteiger partial charge on any atom is -0.296 e. The number of hydrogen-bond donors (Lipinski definition) is 1. The predicted molar refractivity (Wildman–Crippen MR) is 66.7 cm³/mol. The lowest BCUT2D eigenvalue weighted by molar-refractivity contribution is 0.102. The molecule has 0 saturated carbocycles. The van der Waals surface area contributed by atoms with Gasteiger partial charge in [0.1, 0.15) is 5.51 Å². The van der Waals surface area contributed by atoms with Crippen LogP contribution in [0.4, 0.5) is 5.13 Å². The number of anilines is 1. The van der Waals surface area contributed by atoms with Crippen molar-refractivity contribution >= 4 is 38.3 Å². The Labute approximate surface area is 105 Å². The van der Waals surface area contributed by atoms with Gasteiger partial charge in [-0.3, -0.25) is 10.1 Å². The van der Waals surface area contributed by atoms with E-state index in [0.29, 0.717) is 10.7 Å². The van der Waals surface area contributed by atoms with Crippen LogP contribution in [0.15, 0.2) is 28.2 Å². The lowest BCUT2D eigenvalue weighted by Gasteiger charge is -2.04. The van der Waals surface area contributed by atoms with Crippen LogP contribution in [0.5, 0.6) is 0 Å². The Morgan fingerprint density at radius 2 is 2.31 bits per heavy atom. The first-order valence-corrected chi connectivity index (χ1v) is 6.18. The fourth-order valence-corrected chi connectivity index (χ4v) is 2.07. The summed E-state index contributed by atoms with van der Waals surface area (Å²) in [6, 6.07) is 5.61. The monoisotopic (exact) mass is 297 g/mol. The Bertz CT molecular complexity index is 513. The number of rotatable bonds is 2. The zero-order valence-electron chi connectivity index (χ0n) is 8.40. The molecule has 0 aliphatic rings. The van der Waals surface area contributed by atoms with E-state index in [1.807, 2.05) is 25.1 Å². The van der Waals surface area contributed by atoms with E-state index in [1.165, 1.54) is 11.3 Å². The van der Waals surface area contributed by atoms with Gasteiger partial charge in [-0.1, -0.05) is 23.0 Å². The fraction of sp³-hybridized carbons (Fsp3) is 0.100. The van der Waals surface area contributed by atoms with Crippen molar-refractivity contribution in [1.82, 2.24) is 10.2 Å². The number of halogens is 1. The molecule has 1 heterocycles. The standard InChI is InChI=1S/C10H8BrN3OS/c1-6-2-3-8(11)7(4-6)9(15)13-10-14-12-5-16-10/h2-5H,1H3,(H,13,14,15). The van der Waals surface area contributed by atoms with Gasteiger partial charge in [0.2, 0.25) is 5.13 Å². The number of hydrogen-bond acceptors (Lipinski definition) is 4. The smallest absolute Gasteiger partial charge is 0.258 e. The lowest BCUT2D eigenvalue weighted by Crippen LogP contribution is -2.12. The minimum absolute atomic E-state index is 0.188. The quantitative estimate of drug-likeness (QED) is 0.927. The van der Waals surface area contributed by atoms with Crippen LogP contribution in [0.25, 0.3) is 0 Å². The van der Waals surface area contributed by atoms with E-state index < -0.39 is 0 Å². The molecule has 0 unspecified atom stereocenters. The predicted octanol–water partition coefficient (Wildman–Crippen LogP) is 2.86. The number of benzene rings is 1. The molecule has 6 heteroatoms.